The molecule has 19 nitrogen and oxygen atoms in total. The van der Waals surface area contributed by atoms with Gasteiger partial charge in [-0.05, 0) is 37.0 Å². The van der Waals surface area contributed by atoms with E-state index >= 15 is 0 Å². The van der Waals surface area contributed by atoms with Crippen molar-refractivity contribution >= 4 is 39.9 Å². The lowest BCUT2D eigenvalue weighted by Gasteiger charge is -2.32. The highest BCUT2D eigenvalue weighted by molar-refractivity contribution is 5.99. The Morgan fingerprint density at radius 1 is 0.732 bits per heavy atom. The average Bonchev–Trinajstić information content (AvgIpc) is 3.77. The molecule has 0 saturated carbocycles. The van der Waals surface area contributed by atoms with Crippen LogP contribution >= 0.6 is 0 Å². The molecular formula is C37H57N9O10. The Balaban J connectivity index is 0.837. The van der Waals surface area contributed by atoms with Crippen molar-refractivity contribution in [2.24, 2.45) is 11.7 Å². The van der Waals surface area contributed by atoms with Gasteiger partial charge in [0.15, 0.2) is 11.2 Å². The third-order valence-electron chi connectivity index (χ3n) is 8.96. The van der Waals surface area contributed by atoms with E-state index in [1.54, 1.807) is 0 Å². The second-order valence-corrected chi connectivity index (χ2v) is 13.0. The number of nitrogens with zero attached hydrogens (tertiary/aromatic N) is 6. The lowest BCUT2D eigenvalue weighted by Crippen LogP contribution is -2.39. The van der Waals surface area contributed by atoms with Gasteiger partial charge in [0.25, 0.3) is 6.01 Å². The highest BCUT2D eigenvalue weighted by atomic mass is 16.6. The number of fused-ring (bicyclic) bond motifs is 2. The zero-order valence-corrected chi connectivity index (χ0v) is 32.1. The summed E-state index contributed by atoms with van der Waals surface area (Å²) in [4.78, 5) is 27.7. The van der Waals surface area contributed by atoms with E-state index < -0.39 is 0 Å². The fraction of sp³-hybridized carbons (Fsp3) is 0.649. The molecule has 0 bridgehead atoms. The van der Waals surface area contributed by atoms with E-state index in [-0.39, 0.29) is 11.9 Å². The molecule has 4 aromatic rings. The average molecular weight is 788 g/mol. The first kappa shape index (κ1) is 43.1. The van der Waals surface area contributed by atoms with Crippen molar-refractivity contribution < 1.29 is 47.1 Å². The predicted octanol–water partition coefficient (Wildman–Crippen LogP) is 1.52. The first-order valence-corrected chi connectivity index (χ1v) is 19.3. The SMILES string of the molecule is NCCOCCOCCOCCOCCOCCOCCOCCOCCC(=O)N1CCC(Cn2nc(-c3ccc4oc(N)nc4c3)c3c(N)ncnc32)CC1. The van der Waals surface area contributed by atoms with Crippen molar-refractivity contribution in [3.8, 4) is 11.3 Å². The Bertz CT molecular complexity index is 1720. The standard InChI is InChI=1S/C37H57N9O10/c38-6-10-49-12-14-51-16-18-53-20-22-55-24-23-54-21-19-52-17-15-50-13-11-48-9-5-32(47)45-7-3-28(4-8-45)26-46-36-33(35(39)41-27-42-36)34(44-46)29-1-2-31-30(25-29)43-37(40)56-31/h1-2,25,27-28H,3-24,26,38H2,(H2,40,43)(H2,39,41,42). The molecule has 5 rings (SSSR count). The van der Waals surface area contributed by atoms with Crippen LogP contribution in [0.4, 0.5) is 11.8 Å². The second-order valence-electron chi connectivity index (χ2n) is 13.0. The molecule has 310 valence electrons. The van der Waals surface area contributed by atoms with Gasteiger partial charge in [-0.25, -0.2) is 14.6 Å². The van der Waals surface area contributed by atoms with E-state index in [1.807, 2.05) is 27.8 Å². The Morgan fingerprint density at radius 2 is 1.27 bits per heavy atom. The summed E-state index contributed by atoms with van der Waals surface area (Å²) in [5, 5.41) is 5.60. The van der Waals surface area contributed by atoms with E-state index in [9.17, 15) is 4.79 Å². The topological polar surface area (TPSA) is 242 Å². The lowest BCUT2D eigenvalue weighted by molar-refractivity contribution is -0.134. The van der Waals surface area contributed by atoms with Crippen molar-refractivity contribution in [2.45, 2.75) is 25.8 Å². The lowest BCUT2D eigenvalue weighted by atomic mass is 9.96. The van der Waals surface area contributed by atoms with Gasteiger partial charge in [0.1, 0.15) is 23.4 Å². The first-order valence-electron chi connectivity index (χ1n) is 19.3. The molecular weight excluding hydrogens is 730 g/mol. The molecule has 0 unspecified atom stereocenters. The summed E-state index contributed by atoms with van der Waals surface area (Å²) < 4.78 is 51.0. The van der Waals surface area contributed by atoms with Crippen molar-refractivity contribution in [1.82, 2.24) is 29.6 Å². The van der Waals surface area contributed by atoms with Crippen LogP contribution in [-0.2, 0) is 49.2 Å². The number of aromatic nitrogens is 5. The maximum absolute atomic E-state index is 12.9. The van der Waals surface area contributed by atoms with Crippen molar-refractivity contribution in [3.05, 3.63) is 24.5 Å². The summed E-state index contributed by atoms with van der Waals surface area (Å²) in [5.41, 5.74) is 20.8. The molecule has 56 heavy (non-hydrogen) atoms. The number of nitrogens with two attached hydrogens (primary N) is 3. The number of likely N-dealkylation sites (tertiary alicyclic amines) is 1. The Labute approximate surface area is 326 Å². The van der Waals surface area contributed by atoms with Gasteiger partial charge in [-0.3, -0.25) is 4.79 Å². The molecule has 0 atom stereocenters. The van der Waals surface area contributed by atoms with Crippen LogP contribution in [0, 0.1) is 5.92 Å². The minimum Gasteiger partial charge on any atom is -0.424 e. The fourth-order valence-corrected chi connectivity index (χ4v) is 6.10. The van der Waals surface area contributed by atoms with Crippen LogP contribution in [0.1, 0.15) is 19.3 Å². The molecule has 0 spiro atoms. The number of piperidine rings is 1. The number of oxazole rings is 1. The second kappa shape index (κ2) is 24.6. The minimum absolute atomic E-state index is 0.0928. The molecule has 0 radical (unpaired) electrons. The number of ether oxygens (including phenoxy) is 8. The van der Waals surface area contributed by atoms with Gasteiger partial charge >= 0.3 is 0 Å². The van der Waals surface area contributed by atoms with E-state index in [0.717, 1.165) is 18.4 Å². The summed E-state index contributed by atoms with van der Waals surface area (Å²) in [6.07, 6.45) is 3.49. The summed E-state index contributed by atoms with van der Waals surface area (Å²) in [5.74, 6) is 0.768. The zero-order chi connectivity index (χ0) is 39.2. The first-order chi connectivity index (χ1) is 27.5. The largest absolute Gasteiger partial charge is 0.424 e. The van der Waals surface area contributed by atoms with Gasteiger partial charge in [-0.1, -0.05) is 0 Å². The van der Waals surface area contributed by atoms with Gasteiger partial charge in [-0.2, -0.15) is 10.1 Å². The van der Waals surface area contributed by atoms with E-state index in [1.165, 1.54) is 6.33 Å². The minimum atomic E-state index is 0.0928. The number of amides is 1. The Kier molecular flexibility index (Phi) is 18.9. The molecule has 6 N–H and O–H groups in total. The Hall–Kier alpha value is -4.05. The number of benzene rings is 1. The predicted molar refractivity (Wildman–Crippen MR) is 207 cm³/mol. The number of anilines is 2. The fourth-order valence-electron chi connectivity index (χ4n) is 6.10. The van der Waals surface area contributed by atoms with Gasteiger partial charge in [-0.15, -0.1) is 0 Å². The van der Waals surface area contributed by atoms with Gasteiger partial charge < -0.3 is 64.4 Å². The van der Waals surface area contributed by atoms with E-state index in [2.05, 4.69) is 15.0 Å². The van der Waals surface area contributed by atoms with Crippen LogP contribution in [-0.4, -0.2) is 161 Å². The maximum Gasteiger partial charge on any atom is 0.292 e. The van der Waals surface area contributed by atoms with Crippen LogP contribution in [0.25, 0.3) is 33.4 Å². The quantitative estimate of drug-likeness (QED) is 0.0661. The van der Waals surface area contributed by atoms with Crippen LogP contribution in [0.15, 0.2) is 28.9 Å². The van der Waals surface area contributed by atoms with Gasteiger partial charge in [0.05, 0.1) is 118 Å². The number of hydrogen-bond acceptors (Lipinski definition) is 17. The van der Waals surface area contributed by atoms with E-state index in [0.29, 0.717) is 178 Å². The molecule has 1 aromatic carbocycles. The molecule has 1 aliphatic rings. The summed E-state index contributed by atoms with van der Waals surface area (Å²) >= 11 is 0. The maximum atomic E-state index is 12.9. The van der Waals surface area contributed by atoms with Crippen molar-refractivity contribution in [3.63, 3.8) is 0 Å². The third-order valence-corrected chi connectivity index (χ3v) is 8.96. The molecule has 19 heteroatoms. The van der Waals surface area contributed by atoms with Crippen molar-refractivity contribution in [2.75, 3.05) is 137 Å². The third kappa shape index (κ3) is 14.2. The summed E-state index contributed by atoms with van der Waals surface area (Å²) in [6, 6.07) is 5.68. The van der Waals surface area contributed by atoms with E-state index in [4.69, 9.17) is 64.6 Å². The Morgan fingerprint density at radius 3 is 1.82 bits per heavy atom. The number of rotatable bonds is 29. The molecule has 3 aromatic heterocycles. The van der Waals surface area contributed by atoms with Gasteiger partial charge in [0, 0.05) is 31.7 Å². The number of carbonyl (C=O) groups is 1. The molecule has 4 heterocycles. The van der Waals surface area contributed by atoms with Gasteiger partial charge in [0.2, 0.25) is 5.91 Å². The molecule has 1 aliphatic heterocycles. The molecule has 1 saturated heterocycles. The molecule has 1 fully saturated rings. The van der Waals surface area contributed by atoms with Crippen LogP contribution in [0.5, 0.6) is 0 Å². The normalized spacial score (nSPS) is 13.8. The number of hydrogen-bond donors (Lipinski definition) is 3. The number of carbonyl (C=O) groups excluding carboxylic acids is 1. The zero-order valence-electron chi connectivity index (χ0n) is 32.1. The summed E-state index contributed by atoms with van der Waals surface area (Å²) in [6.45, 7) is 10.2. The van der Waals surface area contributed by atoms with Crippen LogP contribution in [0.2, 0.25) is 0 Å². The van der Waals surface area contributed by atoms with Crippen molar-refractivity contribution in [1.29, 1.82) is 0 Å². The van der Waals surface area contributed by atoms with Crippen LogP contribution in [0.3, 0.4) is 0 Å². The smallest absolute Gasteiger partial charge is 0.292 e. The monoisotopic (exact) mass is 787 g/mol. The number of nitrogen functional groups attached to an aromatic ring is 2. The highest BCUT2D eigenvalue weighted by Gasteiger charge is 2.25. The van der Waals surface area contributed by atoms with Crippen LogP contribution < -0.4 is 17.2 Å². The highest BCUT2D eigenvalue weighted by Crippen LogP contribution is 2.33. The molecule has 1 amide bonds. The molecule has 0 aliphatic carbocycles. The summed E-state index contributed by atoms with van der Waals surface area (Å²) in [7, 11) is 0.